The first-order valence-corrected chi connectivity index (χ1v) is 6.60. The lowest BCUT2D eigenvalue weighted by Crippen LogP contribution is -2.30. The number of rotatable bonds is 5. The van der Waals surface area contributed by atoms with Crippen molar-refractivity contribution in [3.8, 4) is 0 Å². The van der Waals surface area contributed by atoms with Crippen LogP contribution in [0.5, 0.6) is 0 Å². The summed E-state index contributed by atoms with van der Waals surface area (Å²) in [6, 6.07) is 2.43. The van der Waals surface area contributed by atoms with Gasteiger partial charge in [-0.1, -0.05) is 0 Å². The highest BCUT2D eigenvalue weighted by Crippen LogP contribution is 2.21. The zero-order chi connectivity index (χ0) is 13.0. The minimum absolute atomic E-state index is 0.262. The number of aliphatic hydroxyl groups is 1. The molecule has 0 aliphatic carbocycles. The molecule has 0 amide bonds. The van der Waals surface area contributed by atoms with E-state index in [9.17, 15) is 0 Å². The number of anilines is 1. The second-order valence-electron chi connectivity index (χ2n) is 4.84. The Balaban J connectivity index is 2.06. The average molecular weight is 250 g/mol. The lowest BCUT2D eigenvalue weighted by molar-refractivity contribution is 0.186. The van der Waals surface area contributed by atoms with E-state index < -0.39 is 0 Å². The van der Waals surface area contributed by atoms with Crippen molar-refractivity contribution in [1.82, 2.24) is 14.9 Å². The van der Waals surface area contributed by atoms with Crippen LogP contribution in [0.4, 0.5) is 5.82 Å². The Morgan fingerprint density at radius 1 is 1.50 bits per heavy atom. The molecule has 100 valence electrons. The van der Waals surface area contributed by atoms with Gasteiger partial charge in [-0.3, -0.25) is 4.90 Å². The SMILES string of the molecule is CNc1cc(C)nc(CN2CCCC2CCO)n1. The molecular formula is C13H22N4O. The number of aromatic nitrogens is 2. The quantitative estimate of drug-likeness (QED) is 0.821. The summed E-state index contributed by atoms with van der Waals surface area (Å²) in [5.41, 5.74) is 0.988. The van der Waals surface area contributed by atoms with Crippen molar-refractivity contribution < 1.29 is 5.11 Å². The molecule has 1 aliphatic rings. The van der Waals surface area contributed by atoms with Crippen LogP contribution in [0.3, 0.4) is 0 Å². The van der Waals surface area contributed by atoms with Crippen molar-refractivity contribution in [2.24, 2.45) is 0 Å². The molecule has 5 heteroatoms. The number of hydrogen-bond acceptors (Lipinski definition) is 5. The Labute approximate surface area is 108 Å². The van der Waals surface area contributed by atoms with E-state index in [4.69, 9.17) is 5.11 Å². The van der Waals surface area contributed by atoms with Crippen LogP contribution in [-0.4, -0.2) is 46.2 Å². The fourth-order valence-corrected chi connectivity index (χ4v) is 2.59. The summed E-state index contributed by atoms with van der Waals surface area (Å²) >= 11 is 0. The lowest BCUT2D eigenvalue weighted by Gasteiger charge is -2.23. The molecule has 1 atom stereocenters. The van der Waals surface area contributed by atoms with Crippen LogP contribution < -0.4 is 5.32 Å². The van der Waals surface area contributed by atoms with Gasteiger partial charge in [-0.15, -0.1) is 0 Å². The van der Waals surface area contributed by atoms with E-state index in [-0.39, 0.29) is 6.61 Å². The molecule has 0 saturated carbocycles. The Hall–Kier alpha value is -1.20. The van der Waals surface area contributed by atoms with Crippen LogP contribution in [0.25, 0.3) is 0 Å². The van der Waals surface area contributed by atoms with E-state index >= 15 is 0 Å². The molecule has 0 aromatic carbocycles. The van der Waals surface area contributed by atoms with Gasteiger partial charge in [-0.05, 0) is 32.7 Å². The van der Waals surface area contributed by atoms with Gasteiger partial charge in [-0.25, -0.2) is 9.97 Å². The predicted octanol–water partition coefficient (Wildman–Crippen LogP) is 1.17. The van der Waals surface area contributed by atoms with Crippen LogP contribution in [0, 0.1) is 6.92 Å². The minimum Gasteiger partial charge on any atom is -0.396 e. The molecule has 0 radical (unpaired) electrons. The molecule has 0 spiro atoms. The van der Waals surface area contributed by atoms with E-state index in [0.29, 0.717) is 6.04 Å². The second kappa shape index (κ2) is 6.11. The first kappa shape index (κ1) is 13.2. The summed E-state index contributed by atoms with van der Waals surface area (Å²) in [7, 11) is 1.87. The number of hydrogen-bond donors (Lipinski definition) is 2. The van der Waals surface area contributed by atoms with Gasteiger partial charge in [0, 0.05) is 31.5 Å². The third-order valence-corrected chi connectivity index (χ3v) is 3.46. The standard InChI is InChI=1S/C13H22N4O/c1-10-8-12(14-2)16-13(15-10)9-17-6-3-4-11(17)5-7-18/h8,11,18H,3-7,9H2,1-2H3,(H,14,15,16). The van der Waals surface area contributed by atoms with Gasteiger partial charge >= 0.3 is 0 Å². The molecule has 18 heavy (non-hydrogen) atoms. The van der Waals surface area contributed by atoms with Gasteiger partial charge in [0.25, 0.3) is 0 Å². The van der Waals surface area contributed by atoms with Gasteiger partial charge in [-0.2, -0.15) is 0 Å². The Bertz CT molecular complexity index is 397. The maximum atomic E-state index is 9.07. The van der Waals surface area contributed by atoms with Gasteiger partial charge in [0.2, 0.25) is 0 Å². The van der Waals surface area contributed by atoms with Crippen LogP contribution in [0.1, 0.15) is 30.8 Å². The van der Waals surface area contributed by atoms with Crippen molar-refractivity contribution in [2.45, 2.75) is 38.8 Å². The highest BCUT2D eigenvalue weighted by molar-refractivity contribution is 5.34. The van der Waals surface area contributed by atoms with E-state index in [1.165, 1.54) is 12.8 Å². The molecule has 1 unspecified atom stereocenters. The molecular weight excluding hydrogens is 228 g/mol. The fourth-order valence-electron chi connectivity index (χ4n) is 2.59. The minimum atomic E-state index is 0.262. The summed E-state index contributed by atoms with van der Waals surface area (Å²) in [4.78, 5) is 11.3. The predicted molar refractivity (Wildman–Crippen MR) is 71.5 cm³/mol. The van der Waals surface area contributed by atoms with Crippen LogP contribution in [-0.2, 0) is 6.54 Å². The van der Waals surface area contributed by atoms with Crippen molar-refractivity contribution in [2.75, 3.05) is 25.5 Å². The molecule has 1 aromatic heterocycles. The van der Waals surface area contributed by atoms with Gasteiger partial charge in [0.1, 0.15) is 11.6 Å². The summed E-state index contributed by atoms with van der Waals surface area (Å²) in [6.45, 7) is 4.11. The van der Waals surface area contributed by atoms with Crippen molar-refractivity contribution >= 4 is 5.82 Å². The number of likely N-dealkylation sites (tertiary alicyclic amines) is 1. The van der Waals surface area contributed by atoms with E-state index in [2.05, 4.69) is 20.2 Å². The highest BCUT2D eigenvalue weighted by atomic mass is 16.3. The fraction of sp³-hybridized carbons (Fsp3) is 0.692. The van der Waals surface area contributed by atoms with Crippen molar-refractivity contribution in [1.29, 1.82) is 0 Å². The van der Waals surface area contributed by atoms with E-state index in [1.54, 1.807) is 0 Å². The molecule has 2 heterocycles. The van der Waals surface area contributed by atoms with Gasteiger partial charge in [0.15, 0.2) is 0 Å². The molecule has 1 fully saturated rings. The number of aryl methyl sites for hydroxylation is 1. The lowest BCUT2D eigenvalue weighted by atomic mass is 10.1. The first-order valence-electron chi connectivity index (χ1n) is 6.60. The number of nitrogens with zero attached hydrogens (tertiary/aromatic N) is 3. The Morgan fingerprint density at radius 3 is 3.06 bits per heavy atom. The van der Waals surface area contributed by atoms with Crippen molar-refractivity contribution in [3.63, 3.8) is 0 Å². The third kappa shape index (κ3) is 3.17. The van der Waals surface area contributed by atoms with E-state index in [1.807, 2.05) is 20.0 Å². The smallest absolute Gasteiger partial charge is 0.144 e. The van der Waals surface area contributed by atoms with Gasteiger partial charge in [0.05, 0.1) is 6.54 Å². The topological polar surface area (TPSA) is 61.3 Å². The van der Waals surface area contributed by atoms with Crippen LogP contribution in [0.2, 0.25) is 0 Å². The zero-order valence-electron chi connectivity index (χ0n) is 11.2. The van der Waals surface area contributed by atoms with E-state index in [0.717, 1.165) is 36.8 Å². The van der Waals surface area contributed by atoms with Gasteiger partial charge < -0.3 is 10.4 Å². The molecule has 2 N–H and O–H groups in total. The van der Waals surface area contributed by atoms with Crippen molar-refractivity contribution in [3.05, 3.63) is 17.6 Å². The maximum Gasteiger partial charge on any atom is 0.144 e. The average Bonchev–Trinajstić information content (AvgIpc) is 2.76. The normalized spacial score (nSPS) is 20.3. The maximum absolute atomic E-state index is 9.07. The Morgan fingerprint density at radius 2 is 2.33 bits per heavy atom. The molecule has 1 saturated heterocycles. The number of nitrogens with one attached hydrogen (secondary N) is 1. The second-order valence-corrected chi connectivity index (χ2v) is 4.84. The summed E-state index contributed by atoms with van der Waals surface area (Å²) in [6.07, 6.45) is 3.23. The summed E-state index contributed by atoms with van der Waals surface area (Å²) in [5, 5.41) is 12.1. The molecule has 0 bridgehead atoms. The largest absolute Gasteiger partial charge is 0.396 e. The highest BCUT2D eigenvalue weighted by Gasteiger charge is 2.24. The summed E-state index contributed by atoms with van der Waals surface area (Å²) in [5.74, 6) is 1.74. The zero-order valence-corrected chi connectivity index (χ0v) is 11.2. The van der Waals surface area contributed by atoms with Crippen LogP contribution >= 0.6 is 0 Å². The summed E-state index contributed by atoms with van der Waals surface area (Å²) < 4.78 is 0. The third-order valence-electron chi connectivity index (χ3n) is 3.46. The first-order chi connectivity index (χ1) is 8.72. The molecule has 2 rings (SSSR count). The molecule has 5 nitrogen and oxygen atoms in total. The Kier molecular flexibility index (Phi) is 4.49. The molecule has 1 aliphatic heterocycles. The number of aliphatic hydroxyl groups excluding tert-OH is 1. The van der Waals surface area contributed by atoms with Crippen LogP contribution in [0.15, 0.2) is 6.07 Å². The molecule has 1 aromatic rings. The monoisotopic (exact) mass is 250 g/mol.